The highest BCUT2D eigenvalue weighted by molar-refractivity contribution is 5.10. The van der Waals surface area contributed by atoms with Crippen molar-refractivity contribution in [3.05, 3.63) is 0 Å². The fourth-order valence-corrected chi connectivity index (χ4v) is 1.99. The van der Waals surface area contributed by atoms with Crippen LogP contribution in [0.15, 0.2) is 0 Å². The van der Waals surface area contributed by atoms with E-state index >= 15 is 0 Å². The molecule has 64 valence electrons. The van der Waals surface area contributed by atoms with Crippen LogP contribution < -0.4 is 5.73 Å². The van der Waals surface area contributed by atoms with Crippen molar-refractivity contribution in [2.45, 2.75) is 24.9 Å². The van der Waals surface area contributed by atoms with E-state index in [4.69, 9.17) is 10.5 Å². The van der Waals surface area contributed by atoms with Crippen molar-refractivity contribution in [1.29, 1.82) is 0 Å². The zero-order valence-corrected chi connectivity index (χ0v) is 6.68. The molecule has 2 fully saturated rings. The van der Waals surface area contributed by atoms with Crippen molar-refractivity contribution < 1.29 is 9.84 Å². The summed E-state index contributed by atoms with van der Waals surface area (Å²) in [5.74, 6) is 0. The van der Waals surface area contributed by atoms with Gasteiger partial charge in [-0.25, -0.2) is 0 Å². The van der Waals surface area contributed by atoms with E-state index in [1.54, 1.807) is 0 Å². The second-order valence-corrected chi connectivity index (χ2v) is 3.82. The maximum absolute atomic E-state index is 10.1. The summed E-state index contributed by atoms with van der Waals surface area (Å²) < 4.78 is 5.33. The lowest BCUT2D eigenvalue weighted by atomic mass is 9.80. The molecule has 0 radical (unpaired) electrons. The Morgan fingerprint density at radius 1 is 1.36 bits per heavy atom. The van der Waals surface area contributed by atoms with Gasteiger partial charge in [-0.1, -0.05) is 0 Å². The Bertz CT molecular complexity index is 167. The van der Waals surface area contributed by atoms with Crippen LogP contribution in [0.3, 0.4) is 0 Å². The average Bonchev–Trinajstić information content (AvgIpc) is 2.78. The average molecular weight is 157 g/mol. The first-order chi connectivity index (χ1) is 5.22. The minimum Gasteiger partial charge on any atom is -0.388 e. The summed E-state index contributed by atoms with van der Waals surface area (Å²) >= 11 is 0. The minimum atomic E-state index is -0.620. The Balaban J connectivity index is 2.15. The van der Waals surface area contributed by atoms with Crippen LogP contribution in [-0.4, -0.2) is 30.5 Å². The molecule has 1 aliphatic carbocycles. The summed E-state index contributed by atoms with van der Waals surface area (Å²) in [6, 6.07) is 0. The zero-order valence-electron chi connectivity index (χ0n) is 6.68. The minimum absolute atomic E-state index is 0.0417. The van der Waals surface area contributed by atoms with Gasteiger partial charge >= 0.3 is 0 Å². The van der Waals surface area contributed by atoms with Gasteiger partial charge in [0, 0.05) is 25.0 Å². The van der Waals surface area contributed by atoms with Gasteiger partial charge in [-0.15, -0.1) is 0 Å². The number of ether oxygens (including phenoxy) is 1. The molecule has 2 rings (SSSR count). The Hall–Kier alpha value is -0.120. The van der Waals surface area contributed by atoms with Gasteiger partial charge in [-0.3, -0.25) is 0 Å². The summed E-state index contributed by atoms with van der Waals surface area (Å²) in [5.41, 5.74) is 4.97. The number of hydrogen-bond acceptors (Lipinski definition) is 3. The van der Waals surface area contributed by atoms with Gasteiger partial charge in [0.1, 0.15) is 0 Å². The van der Waals surface area contributed by atoms with Gasteiger partial charge in [0.2, 0.25) is 0 Å². The molecule has 1 saturated carbocycles. The topological polar surface area (TPSA) is 55.5 Å². The molecular weight excluding hydrogens is 142 g/mol. The maximum atomic E-state index is 10.1. The number of rotatable bonds is 1. The Morgan fingerprint density at radius 2 is 2.09 bits per heavy atom. The number of nitrogens with two attached hydrogens (primary N) is 1. The number of hydrogen-bond donors (Lipinski definition) is 2. The molecule has 0 aromatic rings. The van der Waals surface area contributed by atoms with Crippen molar-refractivity contribution in [3.63, 3.8) is 0 Å². The summed E-state index contributed by atoms with van der Waals surface area (Å²) in [5, 5.41) is 10.1. The molecular formula is C8H15NO2. The van der Waals surface area contributed by atoms with Gasteiger partial charge < -0.3 is 15.6 Å². The zero-order chi connectivity index (χ0) is 7.95. The highest BCUT2D eigenvalue weighted by Crippen LogP contribution is 2.56. The highest BCUT2D eigenvalue weighted by Gasteiger charge is 2.59. The van der Waals surface area contributed by atoms with Gasteiger partial charge in [-0.2, -0.15) is 0 Å². The van der Waals surface area contributed by atoms with Crippen LogP contribution in [0.1, 0.15) is 19.3 Å². The van der Waals surface area contributed by atoms with Gasteiger partial charge in [-0.05, 0) is 12.8 Å². The molecule has 0 aromatic carbocycles. The Kier molecular flexibility index (Phi) is 1.50. The molecule has 1 atom stereocenters. The lowest BCUT2D eigenvalue weighted by Gasteiger charge is -2.39. The SMILES string of the molecule is NCC1(O)CCOCC12CC2. The largest absolute Gasteiger partial charge is 0.388 e. The molecule has 11 heavy (non-hydrogen) atoms. The lowest BCUT2D eigenvalue weighted by molar-refractivity contribution is -0.120. The van der Waals surface area contributed by atoms with Gasteiger partial charge in [0.05, 0.1) is 12.2 Å². The van der Waals surface area contributed by atoms with Crippen LogP contribution in [0.5, 0.6) is 0 Å². The first-order valence-electron chi connectivity index (χ1n) is 4.23. The quantitative estimate of drug-likeness (QED) is 0.558. The predicted octanol–water partition coefficient (Wildman–Crippen LogP) is -0.123. The standard InChI is InChI=1S/C8H15NO2/c9-5-8(10)3-4-11-6-7(8)1-2-7/h10H,1-6,9H2. The summed E-state index contributed by atoms with van der Waals surface area (Å²) in [6.45, 7) is 1.76. The summed E-state index contributed by atoms with van der Waals surface area (Å²) in [7, 11) is 0. The van der Waals surface area contributed by atoms with Crippen molar-refractivity contribution >= 4 is 0 Å². The smallest absolute Gasteiger partial charge is 0.0869 e. The van der Waals surface area contributed by atoms with Crippen molar-refractivity contribution in [2.24, 2.45) is 11.1 Å². The third-order valence-electron chi connectivity index (χ3n) is 3.22. The molecule has 1 aliphatic heterocycles. The summed E-state index contributed by atoms with van der Waals surface area (Å²) in [6.07, 6.45) is 2.88. The molecule has 2 aliphatic rings. The van der Waals surface area contributed by atoms with E-state index in [1.165, 1.54) is 0 Å². The monoisotopic (exact) mass is 157 g/mol. The number of aliphatic hydroxyl groups is 1. The molecule has 1 spiro atoms. The van der Waals surface area contributed by atoms with Gasteiger partial charge in [0.25, 0.3) is 0 Å². The van der Waals surface area contributed by atoms with Crippen molar-refractivity contribution in [1.82, 2.24) is 0 Å². The summed E-state index contributed by atoms with van der Waals surface area (Å²) in [4.78, 5) is 0. The van der Waals surface area contributed by atoms with Gasteiger partial charge in [0.15, 0.2) is 0 Å². The van der Waals surface area contributed by atoms with E-state index in [-0.39, 0.29) is 5.41 Å². The fraction of sp³-hybridized carbons (Fsp3) is 1.00. The molecule has 0 amide bonds. The van der Waals surface area contributed by atoms with Crippen molar-refractivity contribution in [2.75, 3.05) is 19.8 Å². The van der Waals surface area contributed by atoms with Crippen LogP contribution in [0, 0.1) is 5.41 Å². The van der Waals surface area contributed by atoms with E-state index in [9.17, 15) is 5.11 Å². The fourth-order valence-electron chi connectivity index (χ4n) is 1.99. The third kappa shape index (κ3) is 0.916. The van der Waals surface area contributed by atoms with E-state index in [0.29, 0.717) is 26.2 Å². The molecule has 3 nitrogen and oxygen atoms in total. The lowest BCUT2D eigenvalue weighted by Crippen LogP contribution is -2.52. The molecule has 3 heteroatoms. The van der Waals surface area contributed by atoms with Crippen LogP contribution in [-0.2, 0) is 4.74 Å². The van der Waals surface area contributed by atoms with Crippen LogP contribution in [0.25, 0.3) is 0 Å². The van der Waals surface area contributed by atoms with Crippen LogP contribution >= 0.6 is 0 Å². The normalized spacial score (nSPS) is 40.9. The molecule has 1 unspecified atom stereocenters. The second-order valence-electron chi connectivity index (χ2n) is 3.82. The maximum Gasteiger partial charge on any atom is 0.0869 e. The van der Waals surface area contributed by atoms with Crippen molar-refractivity contribution in [3.8, 4) is 0 Å². The molecule has 1 saturated heterocycles. The molecule has 0 bridgehead atoms. The predicted molar refractivity (Wildman–Crippen MR) is 41.1 cm³/mol. The van der Waals surface area contributed by atoms with E-state index in [2.05, 4.69) is 0 Å². The molecule has 3 N–H and O–H groups in total. The van der Waals surface area contributed by atoms with Crippen LogP contribution in [0.2, 0.25) is 0 Å². The second kappa shape index (κ2) is 2.19. The Morgan fingerprint density at radius 3 is 2.55 bits per heavy atom. The van der Waals surface area contributed by atoms with E-state index in [0.717, 1.165) is 12.8 Å². The highest BCUT2D eigenvalue weighted by atomic mass is 16.5. The van der Waals surface area contributed by atoms with E-state index in [1.807, 2.05) is 0 Å². The molecule has 1 heterocycles. The van der Waals surface area contributed by atoms with E-state index < -0.39 is 5.60 Å². The third-order valence-corrected chi connectivity index (χ3v) is 3.22. The Labute approximate surface area is 66.5 Å². The van der Waals surface area contributed by atoms with Crippen LogP contribution in [0.4, 0.5) is 0 Å². The first-order valence-corrected chi connectivity index (χ1v) is 4.23. The first kappa shape index (κ1) is 7.53. The molecule has 0 aromatic heterocycles.